The summed E-state index contributed by atoms with van der Waals surface area (Å²) in [6, 6.07) is 10.2. The fourth-order valence-corrected chi connectivity index (χ4v) is 3.33. The average molecular weight is 377 g/mol. The van der Waals surface area contributed by atoms with Crippen LogP contribution in [0.2, 0.25) is 0 Å². The lowest BCUT2D eigenvalue weighted by Crippen LogP contribution is -2.37. The smallest absolute Gasteiger partial charge is 0.134 e. The third kappa shape index (κ3) is 4.42. The Morgan fingerprint density at radius 3 is 3.04 bits per heavy atom. The van der Waals surface area contributed by atoms with Crippen molar-refractivity contribution in [2.45, 2.75) is 19.4 Å². The maximum absolute atomic E-state index is 9.37. The van der Waals surface area contributed by atoms with E-state index < -0.39 is 0 Å². The topological polar surface area (TPSA) is 61.3 Å². The summed E-state index contributed by atoms with van der Waals surface area (Å²) in [5.74, 6) is 2.09. The van der Waals surface area contributed by atoms with Crippen LogP contribution in [0.15, 0.2) is 41.1 Å². The zero-order chi connectivity index (χ0) is 16.1. The number of rotatable bonds is 5. The molecule has 0 spiro atoms. The molecule has 6 heteroatoms. The quantitative estimate of drug-likeness (QED) is 0.839. The van der Waals surface area contributed by atoms with Gasteiger partial charge in [0.15, 0.2) is 0 Å². The molecular weight excluding hydrogens is 356 g/mol. The highest BCUT2D eigenvalue weighted by Gasteiger charge is 2.20. The maximum atomic E-state index is 9.37. The summed E-state index contributed by atoms with van der Waals surface area (Å²) in [7, 11) is 0. The van der Waals surface area contributed by atoms with E-state index >= 15 is 0 Å². The van der Waals surface area contributed by atoms with Gasteiger partial charge in [-0.1, -0.05) is 28.1 Å². The number of benzene rings is 1. The Labute approximate surface area is 144 Å². The number of hydrogen-bond donors (Lipinski definition) is 2. The molecule has 1 aromatic carbocycles. The van der Waals surface area contributed by atoms with E-state index in [1.807, 2.05) is 18.2 Å². The molecule has 122 valence electrons. The molecule has 2 heterocycles. The molecule has 1 saturated heterocycles. The van der Waals surface area contributed by atoms with E-state index in [1.54, 1.807) is 6.33 Å². The molecule has 1 fully saturated rings. The second-order valence-electron chi connectivity index (χ2n) is 5.88. The first-order chi connectivity index (χ1) is 11.2. The number of aromatic nitrogens is 2. The number of nitrogens with zero attached hydrogens (tertiary/aromatic N) is 3. The van der Waals surface area contributed by atoms with Gasteiger partial charge in [0.1, 0.15) is 18.0 Å². The van der Waals surface area contributed by atoms with E-state index in [1.165, 1.54) is 5.56 Å². The Balaban J connectivity index is 1.65. The molecule has 2 N–H and O–H groups in total. The van der Waals surface area contributed by atoms with Crippen LogP contribution in [-0.2, 0) is 6.54 Å². The lowest BCUT2D eigenvalue weighted by molar-refractivity contribution is 0.208. The SMILES string of the molecule is OCC1CCCN(c2cc(NCc3cccc(Br)c3)ncn2)C1. The molecule has 1 atom stereocenters. The standard InChI is InChI=1S/C17H21BrN4O/c18-15-5-1-3-13(7-15)9-19-16-8-17(21-12-20-16)22-6-2-4-14(10-22)11-23/h1,3,5,7-8,12,14,23H,2,4,6,9-11H2,(H,19,20,21). The monoisotopic (exact) mass is 376 g/mol. The Morgan fingerprint density at radius 1 is 1.30 bits per heavy atom. The largest absolute Gasteiger partial charge is 0.396 e. The van der Waals surface area contributed by atoms with Gasteiger partial charge in [0.2, 0.25) is 0 Å². The van der Waals surface area contributed by atoms with Crippen LogP contribution >= 0.6 is 15.9 Å². The zero-order valence-electron chi connectivity index (χ0n) is 13.0. The Morgan fingerprint density at radius 2 is 2.22 bits per heavy atom. The summed E-state index contributed by atoms with van der Waals surface area (Å²) in [6.45, 7) is 2.81. The van der Waals surface area contributed by atoms with Gasteiger partial charge in [-0.3, -0.25) is 0 Å². The zero-order valence-corrected chi connectivity index (χ0v) is 14.5. The van der Waals surface area contributed by atoms with E-state index in [9.17, 15) is 5.11 Å². The van der Waals surface area contributed by atoms with Gasteiger partial charge in [-0.15, -0.1) is 0 Å². The fourth-order valence-electron chi connectivity index (χ4n) is 2.88. The van der Waals surface area contributed by atoms with Gasteiger partial charge in [0.05, 0.1) is 0 Å². The van der Waals surface area contributed by atoms with Crippen molar-refractivity contribution >= 4 is 27.6 Å². The normalized spacial score (nSPS) is 18.0. The first-order valence-corrected chi connectivity index (χ1v) is 8.70. The van der Waals surface area contributed by atoms with Gasteiger partial charge < -0.3 is 15.3 Å². The van der Waals surface area contributed by atoms with E-state index in [4.69, 9.17) is 0 Å². The van der Waals surface area contributed by atoms with E-state index in [2.05, 4.69) is 48.2 Å². The van der Waals surface area contributed by atoms with Gasteiger partial charge in [-0.2, -0.15) is 0 Å². The minimum Gasteiger partial charge on any atom is -0.396 e. The minimum absolute atomic E-state index is 0.246. The first kappa shape index (κ1) is 16.2. The molecule has 5 nitrogen and oxygen atoms in total. The number of piperidine rings is 1. The number of anilines is 2. The van der Waals surface area contributed by atoms with E-state index in [0.29, 0.717) is 5.92 Å². The molecule has 1 aromatic heterocycles. The highest BCUT2D eigenvalue weighted by atomic mass is 79.9. The molecule has 1 unspecified atom stereocenters. The molecule has 0 amide bonds. The molecule has 0 bridgehead atoms. The highest BCUT2D eigenvalue weighted by Crippen LogP contribution is 2.22. The molecule has 0 aliphatic carbocycles. The van der Waals surface area contributed by atoms with Crippen LogP contribution in [0.3, 0.4) is 0 Å². The lowest BCUT2D eigenvalue weighted by Gasteiger charge is -2.32. The summed E-state index contributed by atoms with van der Waals surface area (Å²) >= 11 is 3.48. The number of hydrogen-bond acceptors (Lipinski definition) is 5. The minimum atomic E-state index is 0.246. The lowest BCUT2D eigenvalue weighted by atomic mass is 9.99. The maximum Gasteiger partial charge on any atom is 0.134 e. The second kappa shape index (κ2) is 7.75. The molecule has 1 aliphatic heterocycles. The molecule has 3 rings (SSSR count). The number of aliphatic hydroxyl groups excluding tert-OH is 1. The van der Waals surface area contributed by atoms with Gasteiger partial charge in [0.25, 0.3) is 0 Å². The van der Waals surface area contributed by atoms with Crippen LogP contribution in [0, 0.1) is 5.92 Å². The van der Waals surface area contributed by atoms with Crippen molar-refractivity contribution in [2.24, 2.45) is 5.92 Å². The van der Waals surface area contributed by atoms with Crippen molar-refractivity contribution in [2.75, 3.05) is 29.9 Å². The molecular formula is C17H21BrN4O. The Kier molecular flexibility index (Phi) is 5.46. The van der Waals surface area contributed by atoms with Crippen molar-refractivity contribution in [3.05, 3.63) is 46.7 Å². The number of halogens is 1. The first-order valence-electron chi connectivity index (χ1n) is 7.91. The Hall–Kier alpha value is -1.66. The predicted molar refractivity (Wildman–Crippen MR) is 95.5 cm³/mol. The van der Waals surface area contributed by atoms with Crippen molar-refractivity contribution in [3.63, 3.8) is 0 Å². The average Bonchev–Trinajstić information content (AvgIpc) is 2.60. The summed E-state index contributed by atoms with van der Waals surface area (Å²) in [4.78, 5) is 10.9. The summed E-state index contributed by atoms with van der Waals surface area (Å²) in [5, 5.41) is 12.7. The third-order valence-corrected chi connectivity index (χ3v) is 4.61. The van der Waals surface area contributed by atoms with Crippen LogP contribution in [-0.4, -0.2) is 34.8 Å². The fraction of sp³-hybridized carbons (Fsp3) is 0.412. The predicted octanol–water partition coefficient (Wildman–Crippen LogP) is 3.06. The van der Waals surface area contributed by atoms with Crippen LogP contribution in [0.4, 0.5) is 11.6 Å². The summed E-state index contributed by atoms with van der Waals surface area (Å²) in [5.41, 5.74) is 1.19. The molecule has 2 aromatic rings. The van der Waals surface area contributed by atoms with Gasteiger partial charge in [-0.05, 0) is 36.5 Å². The highest BCUT2D eigenvalue weighted by molar-refractivity contribution is 9.10. The van der Waals surface area contributed by atoms with E-state index in [-0.39, 0.29) is 6.61 Å². The summed E-state index contributed by atoms with van der Waals surface area (Å²) in [6.07, 6.45) is 3.78. The van der Waals surface area contributed by atoms with Crippen LogP contribution in [0.1, 0.15) is 18.4 Å². The van der Waals surface area contributed by atoms with Crippen LogP contribution < -0.4 is 10.2 Å². The van der Waals surface area contributed by atoms with Gasteiger partial charge in [-0.25, -0.2) is 9.97 Å². The molecule has 0 saturated carbocycles. The second-order valence-corrected chi connectivity index (χ2v) is 6.80. The molecule has 1 aliphatic rings. The van der Waals surface area contributed by atoms with Crippen molar-refractivity contribution in [1.29, 1.82) is 0 Å². The Bertz CT molecular complexity index is 652. The summed E-state index contributed by atoms with van der Waals surface area (Å²) < 4.78 is 1.07. The third-order valence-electron chi connectivity index (χ3n) is 4.12. The van der Waals surface area contributed by atoms with Gasteiger partial charge >= 0.3 is 0 Å². The molecule has 23 heavy (non-hydrogen) atoms. The van der Waals surface area contributed by atoms with Crippen molar-refractivity contribution in [1.82, 2.24) is 9.97 Å². The number of nitrogens with one attached hydrogen (secondary N) is 1. The van der Waals surface area contributed by atoms with Crippen LogP contribution in [0.5, 0.6) is 0 Å². The van der Waals surface area contributed by atoms with E-state index in [0.717, 1.165) is 48.6 Å². The number of aliphatic hydroxyl groups is 1. The van der Waals surface area contributed by atoms with Crippen molar-refractivity contribution in [3.8, 4) is 0 Å². The van der Waals surface area contributed by atoms with Gasteiger partial charge in [0, 0.05) is 36.8 Å². The van der Waals surface area contributed by atoms with Crippen LogP contribution in [0.25, 0.3) is 0 Å². The van der Waals surface area contributed by atoms with Crippen molar-refractivity contribution < 1.29 is 5.11 Å². The molecule has 0 radical (unpaired) electrons.